The van der Waals surface area contributed by atoms with Gasteiger partial charge >= 0.3 is 6.03 Å². The largest absolute Gasteiger partial charge is 0.326 e. The van der Waals surface area contributed by atoms with Crippen molar-refractivity contribution in [2.75, 3.05) is 32.8 Å². The summed E-state index contributed by atoms with van der Waals surface area (Å²) in [6.45, 7) is 7.03. The third kappa shape index (κ3) is 3.58. The number of rotatable bonds is 4. The molecule has 27 heavy (non-hydrogen) atoms. The molecule has 3 amide bonds. The Bertz CT molecular complexity index is 689. The van der Waals surface area contributed by atoms with E-state index in [1.165, 1.54) is 10.5 Å². The van der Waals surface area contributed by atoms with Crippen LogP contribution in [0.15, 0.2) is 24.5 Å². The first kappa shape index (κ1) is 18.4. The summed E-state index contributed by atoms with van der Waals surface area (Å²) in [5.74, 6) is 0.198. The number of nitrogens with one attached hydrogen (secondary N) is 1. The van der Waals surface area contributed by atoms with E-state index in [1.807, 2.05) is 24.5 Å². The van der Waals surface area contributed by atoms with E-state index in [1.54, 1.807) is 0 Å². The van der Waals surface area contributed by atoms with E-state index in [4.69, 9.17) is 0 Å². The van der Waals surface area contributed by atoms with Crippen LogP contribution in [0, 0.1) is 5.92 Å². The van der Waals surface area contributed by atoms with E-state index < -0.39 is 5.54 Å². The topological polar surface area (TPSA) is 68.8 Å². The van der Waals surface area contributed by atoms with E-state index in [0.717, 1.165) is 58.4 Å². The zero-order valence-electron chi connectivity index (χ0n) is 16.1. The van der Waals surface area contributed by atoms with Crippen LogP contribution in [0.1, 0.15) is 38.2 Å². The van der Waals surface area contributed by atoms with Gasteiger partial charge in [0.2, 0.25) is 0 Å². The fraction of sp³-hybridized carbons (Fsp3) is 0.650. The van der Waals surface area contributed by atoms with E-state index in [0.29, 0.717) is 6.67 Å². The van der Waals surface area contributed by atoms with Crippen LogP contribution >= 0.6 is 0 Å². The van der Waals surface area contributed by atoms with Crippen molar-refractivity contribution < 1.29 is 9.59 Å². The summed E-state index contributed by atoms with van der Waals surface area (Å²) in [4.78, 5) is 35.7. The summed E-state index contributed by atoms with van der Waals surface area (Å²) in [7, 11) is 0. The lowest BCUT2D eigenvalue weighted by molar-refractivity contribution is -0.136. The van der Waals surface area contributed by atoms with E-state index in [2.05, 4.69) is 27.0 Å². The highest BCUT2D eigenvalue weighted by atomic mass is 16.2. The molecule has 1 N–H and O–H groups in total. The number of hydrogen-bond donors (Lipinski definition) is 1. The first-order valence-electron chi connectivity index (χ1n) is 10.1. The molecule has 7 nitrogen and oxygen atoms in total. The number of aromatic nitrogens is 1. The monoisotopic (exact) mass is 371 g/mol. The third-order valence-electron chi connectivity index (χ3n) is 6.46. The van der Waals surface area contributed by atoms with Gasteiger partial charge in [-0.25, -0.2) is 9.69 Å². The second kappa shape index (κ2) is 7.56. The molecule has 2 atom stereocenters. The molecule has 0 bridgehead atoms. The standard InChI is InChI=1S/C20H29N5O2/c1-16-4-2-3-7-20(16)18(26)25(19(27)22-20)15-24-12-10-23(11-13-24)14-17-5-8-21-9-6-17/h5-6,8-9,16H,2-4,7,10-15H2,1H3,(H,22,27)/t16-,20-/m1/s1. The third-order valence-corrected chi connectivity index (χ3v) is 6.46. The highest BCUT2D eigenvalue weighted by Gasteiger charge is 2.55. The molecule has 0 radical (unpaired) electrons. The molecular formula is C20H29N5O2. The Morgan fingerprint density at radius 2 is 1.81 bits per heavy atom. The van der Waals surface area contributed by atoms with Crippen molar-refractivity contribution in [2.45, 2.75) is 44.7 Å². The van der Waals surface area contributed by atoms with Crippen LogP contribution in [0.5, 0.6) is 0 Å². The van der Waals surface area contributed by atoms with Gasteiger partial charge < -0.3 is 5.32 Å². The number of pyridine rings is 1. The number of amides is 3. The summed E-state index contributed by atoms with van der Waals surface area (Å²) < 4.78 is 0. The van der Waals surface area contributed by atoms with Crippen molar-refractivity contribution in [2.24, 2.45) is 5.92 Å². The molecule has 2 aliphatic heterocycles. The fourth-order valence-corrected chi connectivity index (χ4v) is 4.66. The minimum absolute atomic E-state index is 0.0149. The molecule has 1 aliphatic carbocycles. The summed E-state index contributed by atoms with van der Waals surface area (Å²) in [6.07, 6.45) is 7.59. The highest BCUT2D eigenvalue weighted by molar-refractivity contribution is 6.07. The average molecular weight is 371 g/mol. The van der Waals surface area contributed by atoms with E-state index in [9.17, 15) is 9.59 Å². The average Bonchev–Trinajstić information content (AvgIpc) is 2.91. The normalized spacial score (nSPS) is 30.1. The van der Waals surface area contributed by atoms with Crippen molar-refractivity contribution in [3.05, 3.63) is 30.1 Å². The predicted octanol–water partition coefficient (Wildman–Crippen LogP) is 1.66. The molecule has 1 aromatic heterocycles. The Balaban J connectivity index is 1.32. The number of carbonyl (C=O) groups is 2. The second-order valence-electron chi connectivity index (χ2n) is 8.17. The molecule has 3 heterocycles. The summed E-state index contributed by atoms with van der Waals surface area (Å²) in [5.41, 5.74) is 0.610. The Labute approximate surface area is 160 Å². The number of hydrogen-bond acceptors (Lipinski definition) is 5. The van der Waals surface area contributed by atoms with Gasteiger partial charge in [0.25, 0.3) is 5.91 Å². The van der Waals surface area contributed by atoms with Crippen LogP contribution in [-0.4, -0.2) is 70.0 Å². The lowest BCUT2D eigenvalue weighted by atomic mass is 9.73. The molecule has 4 rings (SSSR count). The van der Waals surface area contributed by atoms with E-state index >= 15 is 0 Å². The summed E-state index contributed by atoms with van der Waals surface area (Å²) in [6, 6.07) is 3.88. The number of imide groups is 1. The van der Waals surface area contributed by atoms with Crippen molar-refractivity contribution in [1.82, 2.24) is 25.0 Å². The first-order valence-corrected chi connectivity index (χ1v) is 10.1. The predicted molar refractivity (Wildman–Crippen MR) is 102 cm³/mol. The Morgan fingerprint density at radius 3 is 2.52 bits per heavy atom. The summed E-state index contributed by atoms with van der Waals surface area (Å²) >= 11 is 0. The van der Waals surface area contributed by atoms with Gasteiger partial charge in [-0.05, 0) is 36.5 Å². The lowest BCUT2D eigenvalue weighted by Gasteiger charge is -2.38. The fourth-order valence-electron chi connectivity index (χ4n) is 4.66. The quantitative estimate of drug-likeness (QED) is 0.815. The van der Waals surface area contributed by atoms with Crippen molar-refractivity contribution in [3.8, 4) is 0 Å². The molecule has 1 aromatic rings. The molecule has 2 saturated heterocycles. The molecular weight excluding hydrogens is 342 g/mol. The maximum Gasteiger partial charge on any atom is 0.326 e. The SMILES string of the molecule is C[C@@H]1CCCC[C@@]12NC(=O)N(CN1CCN(Cc3ccncc3)CC1)C2=O. The minimum Gasteiger partial charge on any atom is -0.323 e. The first-order chi connectivity index (χ1) is 13.1. The number of urea groups is 1. The van der Waals surface area contributed by atoms with E-state index in [-0.39, 0.29) is 17.9 Å². The molecule has 1 saturated carbocycles. The van der Waals surface area contributed by atoms with Crippen LogP contribution in [0.25, 0.3) is 0 Å². The molecule has 0 unspecified atom stereocenters. The van der Waals surface area contributed by atoms with Crippen LogP contribution in [0.2, 0.25) is 0 Å². The maximum atomic E-state index is 13.1. The van der Waals surface area contributed by atoms with Crippen LogP contribution in [-0.2, 0) is 11.3 Å². The summed E-state index contributed by atoms with van der Waals surface area (Å²) in [5, 5.41) is 3.04. The van der Waals surface area contributed by atoms with Gasteiger partial charge in [0, 0.05) is 45.1 Å². The maximum absolute atomic E-state index is 13.1. The van der Waals surface area contributed by atoms with Gasteiger partial charge in [-0.2, -0.15) is 0 Å². The van der Waals surface area contributed by atoms with Gasteiger partial charge in [-0.3, -0.25) is 19.6 Å². The Hall–Kier alpha value is -1.99. The minimum atomic E-state index is -0.654. The lowest BCUT2D eigenvalue weighted by Crippen LogP contribution is -2.55. The van der Waals surface area contributed by atoms with Crippen molar-refractivity contribution in [3.63, 3.8) is 0 Å². The number of piperazine rings is 1. The molecule has 146 valence electrons. The van der Waals surface area contributed by atoms with Gasteiger partial charge in [-0.1, -0.05) is 19.8 Å². The smallest absolute Gasteiger partial charge is 0.323 e. The van der Waals surface area contributed by atoms with Crippen LogP contribution in [0.3, 0.4) is 0 Å². The van der Waals surface area contributed by atoms with Gasteiger partial charge in [0.05, 0.1) is 6.67 Å². The Kier molecular flexibility index (Phi) is 5.14. The van der Waals surface area contributed by atoms with Crippen LogP contribution in [0.4, 0.5) is 4.79 Å². The number of carbonyl (C=O) groups excluding carboxylic acids is 2. The molecule has 3 aliphatic rings. The number of nitrogens with zero attached hydrogens (tertiary/aromatic N) is 4. The molecule has 7 heteroatoms. The van der Waals surface area contributed by atoms with Gasteiger partial charge in [0.1, 0.15) is 5.54 Å². The zero-order valence-corrected chi connectivity index (χ0v) is 16.1. The molecule has 1 spiro atoms. The Morgan fingerprint density at radius 1 is 1.11 bits per heavy atom. The zero-order chi connectivity index (χ0) is 18.9. The second-order valence-corrected chi connectivity index (χ2v) is 8.17. The van der Waals surface area contributed by atoms with Crippen molar-refractivity contribution >= 4 is 11.9 Å². The molecule has 3 fully saturated rings. The van der Waals surface area contributed by atoms with Crippen LogP contribution < -0.4 is 5.32 Å². The van der Waals surface area contributed by atoms with Crippen molar-refractivity contribution in [1.29, 1.82) is 0 Å². The molecule has 0 aromatic carbocycles. The highest BCUT2D eigenvalue weighted by Crippen LogP contribution is 2.38. The van der Waals surface area contributed by atoms with Gasteiger partial charge in [0.15, 0.2) is 0 Å². The van der Waals surface area contributed by atoms with Gasteiger partial charge in [-0.15, -0.1) is 0 Å².